The van der Waals surface area contributed by atoms with Gasteiger partial charge in [-0.2, -0.15) is 0 Å². The van der Waals surface area contributed by atoms with Gasteiger partial charge in [0.25, 0.3) is 5.69 Å². The van der Waals surface area contributed by atoms with Gasteiger partial charge < -0.3 is 9.84 Å². The van der Waals surface area contributed by atoms with Crippen molar-refractivity contribution < 1.29 is 19.6 Å². The highest BCUT2D eigenvalue weighted by Gasteiger charge is 2.37. The monoisotopic (exact) mass is 353 g/mol. The molecule has 1 aliphatic rings. The zero-order valence-corrected chi connectivity index (χ0v) is 14.5. The van der Waals surface area contributed by atoms with Crippen molar-refractivity contribution in [2.24, 2.45) is 5.92 Å². The summed E-state index contributed by atoms with van der Waals surface area (Å²) >= 11 is 0. The highest BCUT2D eigenvalue weighted by atomic mass is 16.6. The summed E-state index contributed by atoms with van der Waals surface area (Å²) in [6.07, 6.45) is 1.87. The maximum Gasteiger partial charge on any atom is 0.309 e. The van der Waals surface area contributed by atoms with Crippen LogP contribution in [0.15, 0.2) is 42.5 Å². The molecule has 0 aromatic heterocycles. The Kier molecular flexibility index (Phi) is 4.75. The minimum Gasteiger partial charge on any atom is -0.508 e. The van der Waals surface area contributed by atoms with E-state index in [2.05, 4.69) is 0 Å². The molecule has 1 aliphatic carbocycles. The topological polar surface area (TPSA) is 89.7 Å². The molecule has 0 fully saturated rings. The number of rotatable bonds is 5. The van der Waals surface area contributed by atoms with Crippen LogP contribution in [0.5, 0.6) is 5.75 Å². The van der Waals surface area contributed by atoms with Crippen molar-refractivity contribution in [1.29, 1.82) is 0 Å². The number of phenols is 1. The van der Waals surface area contributed by atoms with Gasteiger partial charge >= 0.3 is 5.97 Å². The molecule has 0 bridgehead atoms. The Morgan fingerprint density at radius 3 is 2.73 bits per heavy atom. The van der Waals surface area contributed by atoms with Crippen LogP contribution < -0.4 is 0 Å². The van der Waals surface area contributed by atoms with Crippen LogP contribution in [0, 0.1) is 16.0 Å². The molecule has 1 N–H and O–H groups in total. The zero-order valence-electron chi connectivity index (χ0n) is 14.5. The number of nitro benzene ring substituents is 1. The van der Waals surface area contributed by atoms with E-state index < -0.39 is 10.8 Å². The Balaban J connectivity index is 2.14. The average Bonchev–Trinajstić information content (AvgIpc) is 3.00. The maximum absolute atomic E-state index is 12.4. The van der Waals surface area contributed by atoms with Gasteiger partial charge in [-0.25, -0.2) is 0 Å². The summed E-state index contributed by atoms with van der Waals surface area (Å²) in [6.45, 7) is 3.79. The van der Waals surface area contributed by atoms with Crippen LogP contribution in [0.3, 0.4) is 0 Å². The number of carbonyl (C=O) groups excluding carboxylic acids is 1. The number of nitro groups is 1. The van der Waals surface area contributed by atoms with Crippen molar-refractivity contribution in [3.8, 4) is 5.75 Å². The Hall–Kier alpha value is -3.15. The number of ether oxygens (including phenoxy) is 1. The smallest absolute Gasteiger partial charge is 0.309 e. The van der Waals surface area contributed by atoms with Gasteiger partial charge in [0, 0.05) is 5.92 Å². The first-order chi connectivity index (χ1) is 12.4. The van der Waals surface area contributed by atoms with Crippen LogP contribution in [-0.4, -0.2) is 22.6 Å². The van der Waals surface area contributed by atoms with E-state index in [4.69, 9.17) is 4.74 Å². The maximum atomic E-state index is 12.4. The lowest BCUT2D eigenvalue weighted by Gasteiger charge is -2.23. The average molecular weight is 353 g/mol. The fraction of sp³-hybridized carbons (Fsp3) is 0.250. The summed E-state index contributed by atoms with van der Waals surface area (Å²) in [6, 6.07) is 11.7. The van der Waals surface area contributed by atoms with Gasteiger partial charge in [0.15, 0.2) is 0 Å². The van der Waals surface area contributed by atoms with Crippen LogP contribution in [0.2, 0.25) is 0 Å². The van der Waals surface area contributed by atoms with Gasteiger partial charge in [-0.15, -0.1) is 0 Å². The largest absolute Gasteiger partial charge is 0.508 e. The van der Waals surface area contributed by atoms with E-state index in [9.17, 15) is 20.0 Å². The number of nitrogens with zero attached hydrogens (tertiary/aromatic N) is 1. The SMILES string of the molecule is CCOC(=O)C(C)C1C(c2ccc(O)cc2[N+](=O)[O-])=Cc2ccccc21. The standard InChI is InChI=1S/C20H19NO5/c1-3-26-20(23)12(2)19-15-7-5-4-6-13(15)10-17(19)16-9-8-14(22)11-18(16)21(24)25/h4-12,19,22H,3H2,1-2H3. The van der Waals surface area contributed by atoms with Gasteiger partial charge in [-0.05, 0) is 41.8 Å². The number of hydrogen-bond donors (Lipinski definition) is 1. The molecule has 0 spiro atoms. The molecular weight excluding hydrogens is 334 g/mol. The molecule has 0 radical (unpaired) electrons. The molecule has 2 atom stereocenters. The number of phenolic OH excluding ortho intramolecular Hbond substituents is 1. The van der Waals surface area contributed by atoms with Crippen molar-refractivity contribution in [3.05, 3.63) is 69.3 Å². The van der Waals surface area contributed by atoms with Crippen molar-refractivity contribution in [3.63, 3.8) is 0 Å². The third kappa shape index (κ3) is 3.06. The van der Waals surface area contributed by atoms with Crippen LogP contribution in [-0.2, 0) is 9.53 Å². The number of fused-ring (bicyclic) bond motifs is 1. The van der Waals surface area contributed by atoms with E-state index in [-0.39, 0.29) is 29.9 Å². The van der Waals surface area contributed by atoms with Crippen LogP contribution >= 0.6 is 0 Å². The van der Waals surface area contributed by atoms with Gasteiger partial charge in [-0.1, -0.05) is 31.2 Å². The normalized spacial score (nSPS) is 16.5. The molecule has 3 rings (SSSR count). The van der Waals surface area contributed by atoms with Crippen molar-refractivity contribution >= 4 is 23.3 Å². The Morgan fingerprint density at radius 2 is 2.04 bits per heavy atom. The zero-order chi connectivity index (χ0) is 18.8. The summed E-state index contributed by atoms with van der Waals surface area (Å²) in [5.41, 5.74) is 2.74. The first-order valence-electron chi connectivity index (χ1n) is 8.39. The lowest BCUT2D eigenvalue weighted by Crippen LogP contribution is -2.22. The molecule has 2 aromatic carbocycles. The molecule has 0 saturated heterocycles. The molecule has 2 unspecified atom stereocenters. The second-order valence-corrected chi connectivity index (χ2v) is 6.21. The highest BCUT2D eigenvalue weighted by Crippen LogP contribution is 2.48. The third-order valence-corrected chi connectivity index (χ3v) is 4.62. The van der Waals surface area contributed by atoms with Crippen molar-refractivity contribution in [2.75, 3.05) is 6.61 Å². The number of aromatic hydroxyl groups is 1. The molecule has 0 heterocycles. The van der Waals surface area contributed by atoms with E-state index in [1.165, 1.54) is 12.1 Å². The molecule has 0 aliphatic heterocycles. The summed E-state index contributed by atoms with van der Waals surface area (Å²) in [5, 5.41) is 21.1. The number of esters is 1. The van der Waals surface area contributed by atoms with E-state index >= 15 is 0 Å². The highest BCUT2D eigenvalue weighted by molar-refractivity contribution is 5.96. The summed E-state index contributed by atoms with van der Waals surface area (Å²) < 4.78 is 5.17. The Labute approximate surface area is 150 Å². The molecule has 6 heteroatoms. The molecule has 134 valence electrons. The summed E-state index contributed by atoms with van der Waals surface area (Å²) in [5.74, 6) is -1.38. The van der Waals surface area contributed by atoms with E-state index in [1.807, 2.05) is 30.3 Å². The fourth-order valence-corrected chi connectivity index (χ4v) is 3.46. The predicted molar refractivity (Wildman–Crippen MR) is 97.6 cm³/mol. The molecule has 2 aromatic rings. The minimum absolute atomic E-state index is 0.174. The van der Waals surface area contributed by atoms with Gasteiger partial charge in [0.2, 0.25) is 0 Å². The van der Waals surface area contributed by atoms with Gasteiger partial charge in [-0.3, -0.25) is 14.9 Å². The van der Waals surface area contributed by atoms with Gasteiger partial charge in [0.1, 0.15) is 5.75 Å². The third-order valence-electron chi connectivity index (χ3n) is 4.62. The molecule has 26 heavy (non-hydrogen) atoms. The Morgan fingerprint density at radius 1 is 1.31 bits per heavy atom. The molecule has 0 saturated carbocycles. The second-order valence-electron chi connectivity index (χ2n) is 6.21. The number of benzene rings is 2. The molecule has 0 amide bonds. The molecule has 6 nitrogen and oxygen atoms in total. The fourth-order valence-electron chi connectivity index (χ4n) is 3.46. The van der Waals surface area contributed by atoms with Crippen molar-refractivity contribution in [1.82, 2.24) is 0 Å². The van der Waals surface area contributed by atoms with Crippen molar-refractivity contribution in [2.45, 2.75) is 19.8 Å². The quantitative estimate of drug-likeness (QED) is 0.496. The van der Waals surface area contributed by atoms with Crippen LogP contribution in [0.25, 0.3) is 11.6 Å². The van der Waals surface area contributed by atoms with Gasteiger partial charge in [0.05, 0.1) is 29.1 Å². The second kappa shape index (κ2) is 7.00. The van der Waals surface area contributed by atoms with E-state index in [0.717, 1.165) is 17.2 Å². The summed E-state index contributed by atoms with van der Waals surface area (Å²) in [7, 11) is 0. The minimum atomic E-state index is -0.523. The van der Waals surface area contributed by atoms with E-state index in [1.54, 1.807) is 13.8 Å². The number of hydrogen-bond acceptors (Lipinski definition) is 5. The number of carbonyl (C=O) groups is 1. The lowest BCUT2D eigenvalue weighted by molar-refractivity contribution is -0.385. The molecular formula is C20H19NO5. The first kappa shape index (κ1) is 17.7. The first-order valence-corrected chi connectivity index (χ1v) is 8.39. The predicted octanol–water partition coefficient (Wildman–Crippen LogP) is 4.14. The van der Waals surface area contributed by atoms with Crippen LogP contribution in [0.4, 0.5) is 5.69 Å². The summed E-state index contributed by atoms with van der Waals surface area (Å²) in [4.78, 5) is 23.3. The van der Waals surface area contributed by atoms with Crippen LogP contribution in [0.1, 0.15) is 36.5 Å². The van der Waals surface area contributed by atoms with E-state index in [0.29, 0.717) is 11.1 Å². The lowest BCUT2D eigenvalue weighted by atomic mass is 9.81. The Bertz CT molecular complexity index is 903. The number of allylic oxidation sites excluding steroid dienone is 1.